The Kier molecular flexibility index (Phi) is 7.15. The Labute approximate surface area is 230 Å². The van der Waals surface area contributed by atoms with Crippen molar-refractivity contribution < 1.29 is 27.1 Å². The number of rotatable bonds is 8. The second-order valence-electron chi connectivity index (χ2n) is 9.39. The smallest absolute Gasteiger partial charge is 0.258 e. The fourth-order valence-electron chi connectivity index (χ4n) is 4.41. The lowest BCUT2D eigenvalue weighted by atomic mass is 9.99. The molecule has 2 aliphatic rings. The highest BCUT2D eigenvalue weighted by Crippen LogP contribution is 2.41. The zero-order valence-electron chi connectivity index (χ0n) is 21.4. The predicted octanol–water partition coefficient (Wildman–Crippen LogP) is 4.47. The maximum Gasteiger partial charge on any atom is 0.258 e. The summed E-state index contributed by atoms with van der Waals surface area (Å²) < 4.78 is 52.3. The fraction of sp³-hybridized carbons (Fsp3) is 0.222. The number of benzene rings is 3. The van der Waals surface area contributed by atoms with Crippen molar-refractivity contribution in [3.05, 3.63) is 76.6 Å². The van der Waals surface area contributed by atoms with Gasteiger partial charge in [0.05, 0.1) is 28.9 Å². The molecule has 0 aromatic heterocycles. The van der Waals surface area contributed by atoms with Crippen LogP contribution in [0.2, 0.25) is 5.02 Å². The molecule has 0 atom stereocenters. The standard InChI is InChI=1S/C27H26ClFN4O5S/c1-32(2)10-11-33(39(3,35)36)22-8-6-18(14-20(22)29)30-26(16-4-9-23-24(12-16)38-15-37-23)25-19-7-5-17(28)13-21(19)31-27(25)34/h4-9,12-14,30H,10-11,15H2,1-3H3,(H,31,34). The van der Waals surface area contributed by atoms with E-state index in [2.05, 4.69) is 10.6 Å². The summed E-state index contributed by atoms with van der Waals surface area (Å²) in [6.07, 6.45) is 1.04. The minimum atomic E-state index is -3.73. The van der Waals surface area contributed by atoms with Crippen LogP contribution in [-0.4, -0.2) is 59.5 Å². The quantitative estimate of drug-likeness (QED) is 0.384. The Bertz CT molecular complexity index is 1610. The van der Waals surface area contributed by atoms with Crippen molar-refractivity contribution in [2.75, 3.05) is 55.2 Å². The number of ether oxygens (including phenoxy) is 2. The molecular weight excluding hydrogens is 547 g/mol. The number of anilines is 3. The van der Waals surface area contributed by atoms with Gasteiger partial charge in [0.25, 0.3) is 5.91 Å². The highest BCUT2D eigenvalue weighted by atomic mass is 35.5. The van der Waals surface area contributed by atoms with Gasteiger partial charge in [-0.15, -0.1) is 0 Å². The number of amides is 1. The summed E-state index contributed by atoms with van der Waals surface area (Å²) in [4.78, 5) is 15.0. The summed E-state index contributed by atoms with van der Waals surface area (Å²) in [5, 5.41) is 6.47. The first kappa shape index (κ1) is 26.8. The molecule has 0 unspecified atom stereocenters. The van der Waals surface area contributed by atoms with Gasteiger partial charge in [-0.1, -0.05) is 17.7 Å². The van der Waals surface area contributed by atoms with Crippen LogP contribution in [-0.2, 0) is 14.8 Å². The van der Waals surface area contributed by atoms with Crippen LogP contribution < -0.4 is 24.4 Å². The van der Waals surface area contributed by atoms with Crippen LogP contribution in [0.1, 0.15) is 11.1 Å². The molecule has 12 heteroatoms. The highest BCUT2D eigenvalue weighted by Gasteiger charge is 2.30. The summed E-state index contributed by atoms with van der Waals surface area (Å²) in [5.74, 6) is -0.0211. The third-order valence-electron chi connectivity index (χ3n) is 6.27. The molecule has 2 aliphatic heterocycles. The number of carbonyl (C=O) groups excluding carboxylic acids is 1. The third-order valence-corrected chi connectivity index (χ3v) is 7.69. The Hall–Kier alpha value is -3.80. The number of halogens is 2. The van der Waals surface area contributed by atoms with Crippen molar-refractivity contribution in [2.45, 2.75) is 0 Å². The maximum atomic E-state index is 15.4. The van der Waals surface area contributed by atoms with Gasteiger partial charge < -0.3 is 25.0 Å². The van der Waals surface area contributed by atoms with Crippen LogP contribution in [0.5, 0.6) is 11.5 Å². The van der Waals surface area contributed by atoms with Gasteiger partial charge in [0.15, 0.2) is 11.5 Å². The van der Waals surface area contributed by atoms with Gasteiger partial charge in [-0.25, -0.2) is 12.8 Å². The Morgan fingerprint density at radius 2 is 1.82 bits per heavy atom. The molecule has 3 aromatic carbocycles. The van der Waals surface area contributed by atoms with Crippen molar-refractivity contribution in [2.24, 2.45) is 0 Å². The van der Waals surface area contributed by atoms with E-state index in [4.69, 9.17) is 21.1 Å². The van der Waals surface area contributed by atoms with E-state index in [0.717, 1.165) is 10.6 Å². The van der Waals surface area contributed by atoms with Crippen LogP contribution in [0.25, 0.3) is 11.3 Å². The molecular formula is C27H26ClFN4O5S. The maximum absolute atomic E-state index is 15.4. The van der Waals surface area contributed by atoms with Crippen LogP contribution in [0.4, 0.5) is 21.5 Å². The number of likely N-dealkylation sites (N-methyl/N-ethyl adjacent to an activating group) is 1. The van der Waals surface area contributed by atoms with Crippen molar-refractivity contribution in [3.63, 3.8) is 0 Å². The van der Waals surface area contributed by atoms with Gasteiger partial charge in [0.2, 0.25) is 16.8 Å². The lowest BCUT2D eigenvalue weighted by Crippen LogP contribution is -2.36. The molecule has 204 valence electrons. The summed E-state index contributed by atoms with van der Waals surface area (Å²) in [7, 11) is -0.119. The van der Waals surface area contributed by atoms with Crippen molar-refractivity contribution in [1.82, 2.24) is 4.90 Å². The molecule has 0 saturated heterocycles. The Balaban J connectivity index is 1.58. The fourth-order valence-corrected chi connectivity index (χ4v) is 5.50. The van der Waals surface area contributed by atoms with E-state index in [1.54, 1.807) is 56.6 Å². The minimum Gasteiger partial charge on any atom is -0.454 e. The number of sulfonamides is 1. The van der Waals surface area contributed by atoms with Crippen LogP contribution >= 0.6 is 11.6 Å². The molecule has 5 rings (SSSR count). The number of nitrogens with one attached hydrogen (secondary N) is 2. The molecule has 2 heterocycles. The summed E-state index contributed by atoms with van der Waals surface area (Å²) in [5.41, 5.74) is 2.73. The lowest BCUT2D eigenvalue weighted by Gasteiger charge is -2.25. The van der Waals surface area contributed by atoms with E-state index in [9.17, 15) is 13.2 Å². The van der Waals surface area contributed by atoms with Crippen LogP contribution in [0.15, 0.2) is 54.6 Å². The summed E-state index contributed by atoms with van der Waals surface area (Å²) >= 11 is 6.13. The first-order chi connectivity index (χ1) is 18.5. The summed E-state index contributed by atoms with van der Waals surface area (Å²) in [6, 6.07) is 14.5. The molecule has 2 N–H and O–H groups in total. The Morgan fingerprint density at radius 3 is 2.54 bits per heavy atom. The second kappa shape index (κ2) is 10.4. The van der Waals surface area contributed by atoms with E-state index >= 15 is 4.39 Å². The van der Waals surface area contributed by atoms with Crippen molar-refractivity contribution in [3.8, 4) is 11.5 Å². The average Bonchev–Trinajstić information content (AvgIpc) is 3.45. The molecule has 3 aromatic rings. The highest BCUT2D eigenvalue weighted by molar-refractivity contribution is 7.92. The zero-order chi connectivity index (χ0) is 27.9. The molecule has 0 aliphatic carbocycles. The van der Waals surface area contributed by atoms with E-state index in [1.165, 1.54) is 12.1 Å². The Morgan fingerprint density at radius 1 is 1.05 bits per heavy atom. The van der Waals surface area contributed by atoms with Gasteiger partial charge in [-0.05, 0) is 62.6 Å². The summed E-state index contributed by atoms with van der Waals surface area (Å²) in [6.45, 7) is 0.574. The monoisotopic (exact) mass is 572 g/mol. The van der Waals surface area contributed by atoms with E-state index in [1.807, 2.05) is 4.90 Å². The van der Waals surface area contributed by atoms with Crippen molar-refractivity contribution >= 4 is 55.9 Å². The first-order valence-corrected chi connectivity index (χ1v) is 14.2. The van der Waals surface area contributed by atoms with Crippen LogP contribution in [0.3, 0.4) is 0 Å². The normalized spacial score (nSPS) is 15.3. The molecule has 0 saturated carbocycles. The van der Waals surface area contributed by atoms with Gasteiger partial charge in [0, 0.05) is 34.9 Å². The number of carbonyl (C=O) groups is 1. The molecule has 0 spiro atoms. The van der Waals surface area contributed by atoms with E-state index < -0.39 is 15.8 Å². The molecule has 0 radical (unpaired) electrons. The molecule has 9 nitrogen and oxygen atoms in total. The minimum absolute atomic E-state index is 0.0687. The predicted molar refractivity (Wildman–Crippen MR) is 150 cm³/mol. The first-order valence-electron chi connectivity index (χ1n) is 12.0. The average molecular weight is 573 g/mol. The van der Waals surface area contributed by atoms with Crippen molar-refractivity contribution in [1.29, 1.82) is 0 Å². The third kappa shape index (κ3) is 5.51. The van der Waals surface area contributed by atoms with E-state index in [-0.39, 0.29) is 24.9 Å². The SMILES string of the molecule is CN(C)CCN(c1ccc(NC(=C2C(=O)Nc3cc(Cl)ccc32)c2ccc3c(c2)OCO3)cc1F)S(C)(=O)=O. The van der Waals surface area contributed by atoms with E-state index in [0.29, 0.717) is 56.8 Å². The number of nitrogens with zero attached hydrogens (tertiary/aromatic N) is 2. The van der Waals surface area contributed by atoms with Crippen LogP contribution in [0, 0.1) is 5.82 Å². The lowest BCUT2D eigenvalue weighted by molar-refractivity contribution is -0.110. The zero-order valence-corrected chi connectivity index (χ0v) is 23.0. The molecule has 0 fully saturated rings. The van der Waals surface area contributed by atoms with Gasteiger partial charge >= 0.3 is 0 Å². The molecule has 0 bridgehead atoms. The molecule has 39 heavy (non-hydrogen) atoms. The van der Waals surface area contributed by atoms with Gasteiger partial charge in [-0.3, -0.25) is 9.10 Å². The molecule has 1 amide bonds. The second-order valence-corrected chi connectivity index (χ2v) is 11.7. The van der Waals surface area contributed by atoms with Gasteiger partial charge in [-0.2, -0.15) is 0 Å². The van der Waals surface area contributed by atoms with Gasteiger partial charge in [0.1, 0.15) is 5.82 Å². The number of hydrogen-bond donors (Lipinski definition) is 2. The largest absolute Gasteiger partial charge is 0.454 e. The number of hydrogen-bond acceptors (Lipinski definition) is 7. The number of fused-ring (bicyclic) bond motifs is 2. The topological polar surface area (TPSA) is 100 Å².